The summed E-state index contributed by atoms with van der Waals surface area (Å²) in [5.74, 6) is -0.736. The van der Waals surface area contributed by atoms with E-state index in [-0.39, 0.29) is 16.5 Å². The molecule has 1 aromatic carbocycles. The van der Waals surface area contributed by atoms with Crippen molar-refractivity contribution < 1.29 is 12.8 Å². The Labute approximate surface area is 93.3 Å². The maximum Gasteiger partial charge on any atom is 0.232 e. The molecule has 0 spiro atoms. The highest BCUT2D eigenvalue weighted by atomic mass is 35.5. The minimum absolute atomic E-state index is 0.0506. The number of anilines is 1. The summed E-state index contributed by atoms with van der Waals surface area (Å²) in [6.45, 7) is 1.72. The Hall–Kier alpha value is -0.810. The summed E-state index contributed by atoms with van der Waals surface area (Å²) in [5, 5.41) is 0.0506. The fourth-order valence-corrected chi connectivity index (χ4v) is 2.49. The van der Waals surface area contributed by atoms with Crippen LogP contribution in [0.25, 0.3) is 0 Å². The second kappa shape index (κ2) is 4.81. The second-order valence-electron chi connectivity index (χ2n) is 3.02. The zero-order chi connectivity index (χ0) is 11.5. The van der Waals surface area contributed by atoms with Crippen LogP contribution in [0.3, 0.4) is 0 Å². The number of para-hydroxylation sites is 1. The summed E-state index contributed by atoms with van der Waals surface area (Å²) in [7, 11) is -3.50. The number of sulfonamides is 1. The lowest BCUT2D eigenvalue weighted by Gasteiger charge is -2.09. The monoisotopic (exact) mass is 251 g/mol. The first kappa shape index (κ1) is 12.3. The van der Waals surface area contributed by atoms with E-state index < -0.39 is 15.8 Å². The SMILES string of the molecule is CCCS(=O)(=O)Nc1c(F)cccc1Cl. The molecule has 0 radical (unpaired) electrons. The Balaban J connectivity index is 2.99. The standard InChI is InChI=1S/C9H11ClFNO2S/c1-2-6-15(13,14)12-9-7(10)4-3-5-8(9)11/h3-5,12H,2,6H2,1H3. The number of rotatable bonds is 4. The van der Waals surface area contributed by atoms with Gasteiger partial charge in [-0.2, -0.15) is 0 Å². The zero-order valence-electron chi connectivity index (χ0n) is 8.13. The summed E-state index contributed by atoms with van der Waals surface area (Å²) in [4.78, 5) is 0. The van der Waals surface area contributed by atoms with Gasteiger partial charge in [-0.1, -0.05) is 24.6 Å². The van der Waals surface area contributed by atoms with Crippen LogP contribution in [0.15, 0.2) is 18.2 Å². The first-order valence-electron chi connectivity index (χ1n) is 4.41. The molecule has 0 saturated heterocycles. The first-order chi connectivity index (χ1) is 6.96. The molecule has 84 valence electrons. The Morgan fingerprint density at radius 1 is 1.47 bits per heavy atom. The Morgan fingerprint density at radius 3 is 2.67 bits per heavy atom. The fraction of sp³-hybridized carbons (Fsp3) is 0.333. The molecule has 0 unspecified atom stereocenters. The van der Waals surface area contributed by atoms with Crippen molar-refractivity contribution in [3.63, 3.8) is 0 Å². The van der Waals surface area contributed by atoms with Gasteiger partial charge in [0, 0.05) is 0 Å². The summed E-state index contributed by atoms with van der Waals surface area (Å²) < 4.78 is 38.1. The third-order valence-corrected chi connectivity index (χ3v) is 3.47. The van der Waals surface area contributed by atoms with Gasteiger partial charge in [0.05, 0.1) is 10.8 Å². The molecular formula is C9H11ClFNO2S. The Morgan fingerprint density at radius 2 is 2.13 bits per heavy atom. The minimum atomic E-state index is -3.50. The van der Waals surface area contributed by atoms with Gasteiger partial charge < -0.3 is 0 Å². The zero-order valence-corrected chi connectivity index (χ0v) is 9.70. The quantitative estimate of drug-likeness (QED) is 0.894. The number of nitrogens with one attached hydrogen (secondary N) is 1. The van der Waals surface area contributed by atoms with Crippen LogP contribution in [0.1, 0.15) is 13.3 Å². The van der Waals surface area contributed by atoms with Crippen LogP contribution in [0, 0.1) is 5.82 Å². The molecule has 0 amide bonds. The third-order valence-electron chi connectivity index (χ3n) is 1.69. The van der Waals surface area contributed by atoms with Gasteiger partial charge in [-0.15, -0.1) is 0 Å². The van der Waals surface area contributed by atoms with Gasteiger partial charge in [-0.25, -0.2) is 12.8 Å². The van der Waals surface area contributed by atoms with E-state index in [2.05, 4.69) is 4.72 Å². The number of hydrogen-bond donors (Lipinski definition) is 1. The van der Waals surface area contributed by atoms with E-state index >= 15 is 0 Å². The molecule has 0 aromatic heterocycles. The van der Waals surface area contributed by atoms with Crippen LogP contribution in [-0.4, -0.2) is 14.2 Å². The molecule has 0 saturated carbocycles. The van der Waals surface area contributed by atoms with E-state index in [9.17, 15) is 12.8 Å². The molecule has 0 fully saturated rings. The maximum atomic E-state index is 13.2. The topological polar surface area (TPSA) is 46.2 Å². The van der Waals surface area contributed by atoms with E-state index in [0.717, 1.165) is 6.07 Å². The average molecular weight is 252 g/mol. The maximum absolute atomic E-state index is 13.2. The van der Waals surface area contributed by atoms with Crippen molar-refractivity contribution in [2.24, 2.45) is 0 Å². The first-order valence-corrected chi connectivity index (χ1v) is 6.44. The molecule has 0 atom stereocenters. The van der Waals surface area contributed by atoms with Gasteiger partial charge in [0.25, 0.3) is 0 Å². The second-order valence-corrected chi connectivity index (χ2v) is 5.27. The summed E-state index contributed by atoms with van der Waals surface area (Å²) in [6, 6.07) is 3.99. The van der Waals surface area contributed by atoms with Gasteiger partial charge in [-0.3, -0.25) is 4.72 Å². The van der Waals surface area contributed by atoms with E-state index in [1.165, 1.54) is 12.1 Å². The number of halogens is 2. The molecule has 1 aromatic rings. The van der Waals surface area contributed by atoms with Crippen molar-refractivity contribution in [1.82, 2.24) is 0 Å². The van der Waals surface area contributed by atoms with Gasteiger partial charge in [0.2, 0.25) is 10.0 Å². The van der Waals surface area contributed by atoms with Crippen LogP contribution < -0.4 is 4.72 Å². The molecule has 15 heavy (non-hydrogen) atoms. The number of benzene rings is 1. The van der Waals surface area contributed by atoms with Gasteiger partial charge in [-0.05, 0) is 18.6 Å². The predicted molar refractivity (Wildman–Crippen MR) is 59.1 cm³/mol. The average Bonchev–Trinajstić information content (AvgIpc) is 2.11. The van der Waals surface area contributed by atoms with Crippen LogP contribution in [0.5, 0.6) is 0 Å². The molecule has 3 nitrogen and oxygen atoms in total. The van der Waals surface area contributed by atoms with Crippen LogP contribution in [-0.2, 0) is 10.0 Å². The van der Waals surface area contributed by atoms with E-state index in [4.69, 9.17) is 11.6 Å². The largest absolute Gasteiger partial charge is 0.279 e. The molecule has 6 heteroatoms. The highest BCUT2D eigenvalue weighted by Crippen LogP contribution is 2.25. The molecule has 1 rings (SSSR count). The van der Waals surface area contributed by atoms with Crippen molar-refractivity contribution >= 4 is 27.3 Å². The number of hydrogen-bond acceptors (Lipinski definition) is 2. The van der Waals surface area contributed by atoms with Crippen molar-refractivity contribution in [1.29, 1.82) is 0 Å². The van der Waals surface area contributed by atoms with Crippen LogP contribution in [0.4, 0.5) is 10.1 Å². The van der Waals surface area contributed by atoms with Crippen molar-refractivity contribution in [3.8, 4) is 0 Å². The lowest BCUT2D eigenvalue weighted by molar-refractivity contribution is 0.597. The molecule has 0 bridgehead atoms. The lowest BCUT2D eigenvalue weighted by Crippen LogP contribution is -2.17. The van der Waals surface area contributed by atoms with Crippen molar-refractivity contribution in [2.75, 3.05) is 10.5 Å². The summed E-state index contributed by atoms with van der Waals surface area (Å²) in [6.07, 6.45) is 0.460. The molecular weight excluding hydrogens is 241 g/mol. The van der Waals surface area contributed by atoms with Gasteiger partial charge in [0.15, 0.2) is 0 Å². The Kier molecular flexibility index (Phi) is 3.93. The van der Waals surface area contributed by atoms with E-state index in [1.807, 2.05) is 0 Å². The highest BCUT2D eigenvalue weighted by molar-refractivity contribution is 7.92. The molecule has 0 aliphatic rings. The Bertz CT molecular complexity index is 427. The smallest absolute Gasteiger partial charge is 0.232 e. The van der Waals surface area contributed by atoms with Crippen LogP contribution in [0.2, 0.25) is 5.02 Å². The predicted octanol–water partition coefficient (Wildman–Crippen LogP) is 2.63. The molecule has 0 aliphatic carbocycles. The minimum Gasteiger partial charge on any atom is -0.279 e. The molecule has 0 heterocycles. The highest BCUT2D eigenvalue weighted by Gasteiger charge is 2.14. The molecule has 1 N–H and O–H groups in total. The summed E-state index contributed by atoms with van der Waals surface area (Å²) in [5.41, 5.74) is -0.187. The van der Waals surface area contributed by atoms with Crippen molar-refractivity contribution in [3.05, 3.63) is 29.0 Å². The van der Waals surface area contributed by atoms with Gasteiger partial charge in [0.1, 0.15) is 11.5 Å². The fourth-order valence-electron chi connectivity index (χ4n) is 1.07. The van der Waals surface area contributed by atoms with Crippen LogP contribution >= 0.6 is 11.6 Å². The van der Waals surface area contributed by atoms with E-state index in [0.29, 0.717) is 6.42 Å². The van der Waals surface area contributed by atoms with E-state index in [1.54, 1.807) is 6.92 Å². The van der Waals surface area contributed by atoms with Gasteiger partial charge >= 0.3 is 0 Å². The normalized spacial score (nSPS) is 11.4. The third kappa shape index (κ3) is 3.35. The van der Waals surface area contributed by atoms with Crippen molar-refractivity contribution in [2.45, 2.75) is 13.3 Å². The molecule has 0 aliphatic heterocycles. The summed E-state index contributed by atoms with van der Waals surface area (Å²) >= 11 is 5.67. The lowest BCUT2D eigenvalue weighted by atomic mass is 10.3.